The van der Waals surface area contributed by atoms with Crippen LogP contribution in [0, 0.1) is 0 Å². The summed E-state index contributed by atoms with van der Waals surface area (Å²) >= 11 is 12.7. The zero-order chi connectivity index (χ0) is 27.9. The second kappa shape index (κ2) is 13.2. The molecular formula is C25H33Cl2N3O6S. The van der Waals surface area contributed by atoms with E-state index in [9.17, 15) is 18.0 Å². The van der Waals surface area contributed by atoms with Gasteiger partial charge in [-0.1, -0.05) is 36.2 Å². The van der Waals surface area contributed by atoms with E-state index < -0.39 is 28.5 Å². The molecule has 204 valence electrons. The van der Waals surface area contributed by atoms with Crippen LogP contribution >= 0.6 is 23.2 Å². The number of nitrogens with one attached hydrogen (secondary N) is 1. The smallest absolute Gasteiger partial charge is 0.244 e. The van der Waals surface area contributed by atoms with E-state index in [4.69, 9.17) is 32.7 Å². The second-order valence-corrected chi connectivity index (χ2v) is 11.3. The first-order valence-corrected chi connectivity index (χ1v) is 14.2. The first-order chi connectivity index (χ1) is 17.3. The van der Waals surface area contributed by atoms with Gasteiger partial charge in [-0.2, -0.15) is 0 Å². The molecule has 37 heavy (non-hydrogen) atoms. The number of methoxy groups -OCH3 is 2. The fourth-order valence-corrected chi connectivity index (χ4v) is 5.11. The Morgan fingerprint density at radius 1 is 1.03 bits per heavy atom. The van der Waals surface area contributed by atoms with Crippen molar-refractivity contribution in [3.63, 3.8) is 0 Å². The van der Waals surface area contributed by atoms with Gasteiger partial charge in [0.05, 0.1) is 26.2 Å². The third-order valence-corrected chi connectivity index (χ3v) is 7.39. The summed E-state index contributed by atoms with van der Waals surface area (Å²) in [4.78, 5) is 28.1. The normalized spacial score (nSPS) is 12.1. The van der Waals surface area contributed by atoms with Crippen LogP contribution in [0.1, 0.15) is 32.8 Å². The highest BCUT2D eigenvalue weighted by Gasteiger charge is 2.33. The van der Waals surface area contributed by atoms with Crippen molar-refractivity contribution in [2.75, 3.05) is 31.3 Å². The fraction of sp³-hybridized carbons (Fsp3) is 0.440. The van der Waals surface area contributed by atoms with Crippen LogP contribution in [-0.4, -0.2) is 64.2 Å². The van der Waals surface area contributed by atoms with Crippen molar-refractivity contribution in [3.8, 4) is 11.5 Å². The van der Waals surface area contributed by atoms with Crippen molar-refractivity contribution in [2.24, 2.45) is 0 Å². The van der Waals surface area contributed by atoms with Crippen molar-refractivity contribution in [2.45, 2.75) is 45.8 Å². The molecule has 0 saturated heterocycles. The van der Waals surface area contributed by atoms with Crippen LogP contribution in [0.4, 0.5) is 5.69 Å². The molecule has 12 heteroatoms. The highest BCUT2D eigenvalue weighted by Crippen LogP contribution is 2.33. The van der Waals surface area contributed by atoms with Crippen molar-refractivity contribution in [1.29, 1.82) is 0 Å². The molecule has 2 amide bonds. The van der Waals surface area contributed by atoms with Gasteiger partial charge in [0, 0.05) is 34.3 Å². The van der Waals surface area contributed by atoms with Crippen LogP contribution in [0.15, 0.2) is 36.4 Å². The minimum atomic E-state index is -3.92. The first-order valence-electron chi connectivity index (χ1n) is 11.6. The van der Waals surface area contributed by atoms with Crippen molar-refractivity contribution >= 4 is 50.7 Å². The van der Waals surface area contributed by atoms with Gasteiger partial charge < -0.3 is 19.7 Å². The Bertz CT molecular complexity index is 1200. The molecule has 0 radical (unpaired) electrons. The molecule has 0 saturated carbocycles. The number of halogens is 2. The standard InChI is InChI=1S/C25H33Cl2N3O6S/c1-7-21(25(32)28-16(2)3)29(14-18-19(26)9-8-10-20(18)27)24(31)15-30(37(6,33)34)17-11-12-22(35-4)23(13-17)36-5/h8-13,16,21H,7,14-15H2,1-6H3,(H,28,32)/t21-/m1/s1. The highest BCUT2D eigenvalue weighted by atomic mass is 35.5. The minimum Gasteiger partial charge on any atom is -0.493 e. The molecule has 0 aliphatic heterocycles. The summed E-state index contributed by atoms with van der Waals surface area (Å²) in [6.07, 6.45) is 1.27. The van der Waals surface area contributed by atoms with Gasteiger partial charge in [0.25, 0.3) is 0 Å². The van der Waals surface area contributed by atoms with E-state index in [1.807, 2.05) is 13.8 Å². The number of ether oxygens (including phenoxy) is 2. The largest absolute Gasteiger partial charge is 0.493 e. The quantitative estimate of drug-likeness (QED) is 0.409. The van der Waals surface area contributed by atoms with E-state index in [1.165, 1.54) is 31.3 Å². The maximum Gasteiger partial charge on any atom is 0.244 e. The molecule has 0 aliphatic carbocycles. The van der Waals surface area contributed by atoms with E-state index in [-0.39, 0.29) is 30.6 Å². The number of hydrogen-bond acceptors (Lipinski definition) is 6. The molecule has 1 N–H and O–H groups in total. The van der Waals surface area contributed by atoms with Gasteiger partial charge >= 0.3 is 0 Å². The van der Waals surface area contributed by atoms with Crippen LogP contribution in [0.3, 0.4) is 0 Å². The molecule has 2 aromatic carbocycles. The number of hydrogen-bond donors (Lipinski definition) is 1. The lowest BCUT2D eigenvalue weighted by Crippen LogP contribution is -2.53. The van der Waals surface area contributed by atoms with E-state index >= 15 is 0 Å². The SMILES string of the molecule is CC[C@H](C(=O)NC(C)C)N(Cc1c(Cl)cccc1Cl)C(=O)CN(c1ccc(OC)c(OC)c1)S(C)(=O)=O. The Hall–Kier alpha value is -2.69. The third kappa shape index (κ3) is 7.90. The molecule has 1 atom stereocenters. The van der Waals surface area contributed by atoms with Crippen LogP contribution in [-0.2, 0) is 26.2 Å². The van der Waals surface area contributed by atoms with E-state index in [0.717, 1.165) is 10.6 Å². The number of carbonyl (C=O) groups excluding carboxylic acids is 2. The zero-order valence-corrected chi connectivity index (χ0v) is 24.1. The molecule has 0 unspecified atom stereocenters. The predicted octanol–water partition coefficient (Wildman–Crippen LogP) is 4.11. The summed E-state index contributed by atoms with van der Waals surface area (Å²) in [5.41, 5.74) is 0.649. The minimum absolute atomic E-state index is 0.0924. The molecule has 0 spiro atoms. The Morgan fingerprint density at radius 3 is 2.11 bits per heavy atom. The topological polar surface area (TPSA) is 105 Å². The van der Waals surface area contributed by atoms with Gasteiger partial charge in [0.15, 0.2) is 11.5 Å². The summed E-state index contributed by atoms with van der Waals surface area (Å²) in [5.74, 6) is -0.283. The van der Waals surface area contributed by atoms with Crippen LogP contribution in [0.25, 0.3) is 0 Å². The summed E-state index contributed by atoms with van der Waals surface area (Å²) < 4.78 is 37.1. The van der Waals surface area contributed by atoms with Crippen LogP contribution in [0.5, 0.6) is 11.5 Å². The Kier molecular flexibility index (Phi) is 10.9. The van der Waals surface area contributed by atoms with Crippen LogP contribution in [0.2, 0.25) is 10.0 Å². The maximum atomic E-state index is 13.8. The van der Waals surface area contributed by atoms with Gasteiger partial charge in [-0.25, -0.2) is 8.42 Å². The first kappa shape index (κ1) is 30.5. The third-order valence-electron chi connectivity index (χ3n) is 5.54. The monoisotopic (exact) mass is 573 g/mol. The second-order valence-electron chi connectivity index (χ2n) is 8.62. The molecule has 0 heterocycles. The maximum absolute atomic E-state index is 13.8. The summed E-state index contributed by atoms with van der Waals surface area (Å²) in [6, 6.07) is 8.39. The zero-order valence-electron chi connectivity index (χ0n) is 21.7. The molecule has 2 aromatic rings. The van der Waals surface area contributed by atoms with Crippen molar-refractivity contribution < 1.29 is 27.5 Å². The van der Waals surface area contributed by atoms with Gasteiger partial charge in [0.1, 0.15) is 12.6 Å². The number of benzene rings is 2. The van der Waals surface area contributed by atoms with Gasteiger partial charge in [0.2, 0.25) is 21.8 Å². The van der Waals surface area contributed by atoms with E-state index in [1.54, 1.807) is 31.2 Å². The highest BCUT2D eigenvalue weighted by molar-refractivity contribution is 7.92. The lowest BCUT2D eigenvalue weighted by atomic mass is 10.1. The summed E-state index contributed by atoms with van der Waals surface area (Å²) in [7, 11) is -1.03. The number of nitrogens with zero attached hydrogens (tertiary/aromatic N) is 2. The molecule has 9 nitrogen and oxygen atoms in total. The average Bonchev–Trinajstić information content (AvgIpc) is 2.82. The summed E-state index contributed by atoms with van der Waals surface area (Å²) in [6.45, 7) is 4.73. The molecule has 0 fully saturated rings. The Morgan fingerprint density at radius 2 is 1.62 bits per heavy atom. The Balaban J connectivity index is 2.55. The lowest BCUT2D eigenvalue weighted by Gasteiger charge is -2.33. The number of rotatable bonds is 12. The van der Waals surface area contributed by atoms with Gasteiger partial charge in [-0.05, 0) is 44.5 Å². The number of amides is 2. The Labute approximate surface area is 228 Å². The van der Waals surface area contributed by atoms with Gasteiger partial charge in [-0.3, -0.25) is 13.9 Å². The predicted molar refractivity (Wildman–Crippen MR) is 146 cm³/mol. The van der Waals surface area contributed by atoms with E-state index in [0.29, 0.717) is 27.1 Å². The number of anilines is 1. The van der Waals surface area contributed by atoms with Gasteiger partial charge in [-0.15, -0.1) is 0 Å². The lowest BCUT2D eigenvalue weighted by molar-refractivity contribution is -0.140. The molecule has 2 rings (SSSR count). The summed E-state index contributed by atoms with van der Waals surface area (Å²) in [5, 5.41) is 3.47. The number of carbonyl (C=O) groups is 2. The average molecular weight is 575 g/mol. The molecule has 0 aromatic heterocycles. The molecule has 0 aliphatic rings. The van der Waals surface area contributed by atoms with Crippen molar-refractivity contribution in [1.82, 2.24) is 10.2 Å². The van der Waals surface area contributed by atoms with E-state index in [2.05, 4.69) is 5.32 Å². The molecule has 0 bridgehead atoms. The fourth-order valence-electron chi connectivity index (χ4n) is 3.75. The van der Waals surface area contributed by atoms with Crippen LogP contribution < -0.4 is 19.1 Å². The van der Waals surface area contributed by atoms with Crippen molar-refractivity contribution in [3.05, 3.63) is 52.0 Å². The molecular weight excluding hydrogens is 541 g/mol. The number of sulfonamides is 1.